The van der Waals surface area contributed by atoms with Crippen LogP contribution < -0.4 is 5.32 Å². The van der Waals surface area contributed by atoms with Crippen LogP contribution in [0.25, 0.3) is 0 Å². The Morgan fingerprint density at radius 2 is 2.00 bits per heavy atom. The standard InChI is InChI=1S/C14H22FNO/c1-3-17-10-4-5-14(16-2)11-12-6-8-13(15)9-7-12/h6-9,14,16H,3-5,10-11H2,1-2H3. The van der Waals surface area contributed by atoms with Crippen molar-refractivity contribution < 1.29 is 9.13 Å². The summed E-state index contributed by atoms with van der Waals surface area (Å²) in [5.74, 6) is -0.175. The van der Waals surface area contributed by atoms with Crippen molar-refractivity contribution in [2.75, 3.05) is 20.3 Å². The third-order valence-corrected chi connectivity index (χ3v) is 2.85. The van der Waals surface area contributed by atoms with Crippen LogP contribution in [0, 0.1) is 5.82 Å². The Morgan fingerprint density at radius 1 is 1.29 bits per heavy atom. The molecular weight excluding hydrogens is 217 g/mol. The molecular formula is C14H22FNO. The van der Waals surface area contributed by atoms with E-state index in [1.807, 2.05) is 26.1 Å². The first-order valence-electron chi connectivity index (χ1n) is 6.25. The summed E-state index contributed by atoms with van der Waals surface area (Å²) in [5, 5.41) is 3.29. The molecule has 0 heterocycles. The fourth-order valence-corrected chi connectivity index (χ4v) is 1.83. The molecule has 0 bridgehead atoms. The number of halogens is 1. The van der Waals surface area contributed by atoms with Gasteiger partial charge in [0, 0.05) is 19.3 Å². The van der Waals surface area contributed by atoms with Gasteiger partial charge in [0.05, 0.1) is 0 Å². The fourth-order valence-electron chi connectivity index (χ4n) is 1.83. The molecule has 0 aromatic heterocycles. The topological polar surface area (TPSA) is 21.3 Å². The number of benzene rings is 1. The van der Waals surface area contributed by atoms with E-state index in [0.717, 1.165) is 32.5 Å². The van der Waals surface area contributed by atoms with Crippen LogP contribution in [0.1, 0.15) is 25.3 Å². The zero-order valence-corrected chi connectivity index (χ0v) is 10.7. The van der Waals surface area contributed by atoms with Gasteiger partial charge in [0.2, 0.25) is 0 Å². The lowest BCUT2D eigenvalue weighted by molar-refractivity contribution is 0.141. The number of nitrogens with one attached hydrogen (secondary N) is 1. The molecule has 1 aromatic rings. The summed E-state index contributed by atoms with van der Waals surface area (Å²) in [4.78, 5) is 0. The van der Waals surface area contributed by atoms with E-state index >= 15 is 0 Å². The van der Waals surface area contributed by atoms with Crippen molar-refractivity contribution in [1.82, 2.24) is 5.32 Å². The van der Waals surface area contributed by atoms with Gasteiger partial charge >= 0.3 is 0 Å². The molecule has 0 radical (unpaired) electrons. The average Bonchev–Trinajstić information content (AvgIpc) is 2.35. The quantitative estimate of drug-likeness (QED) is 0.704. The van der Waals surface area contributed by atoms with Crippen LogP contribution in [0.15, 0.2) is 24.3 Å². The smallest absolute Gasteiger partial charge is 0.123 e. The highest BCUT2D eigenvalue weighted by molar-refractivity contribution is 5.17. The maximum Gasteiger partial charge on any atom is 0.123 e. The Bertz CT molecular complexity index is 300. The summed E-state index contributed by atoms with van der Waals surface area (Å²) in [6.45, 7) is 3.61. The molecule has 0 aliphatic carbocycles. The first kappa shape index (κ1) is 14.1. The molecule has 0 saturated carbocycles. The van der Waals surface area contributed by atoms with Crippen molar-refractivity contribution >= 4 is 0 Å². The van der Waals surface area contributed by atoms with E-state index in [9.17, 15) is 4.39 Å². The first-order chi connectivity index (χ1) is 8.26. The highest BCUT2D eigenvalue weighted by atomic mass is 19.1. The van der Waals surface area contributed by atoms with Gasteiger partial charge in [-0.15, -0.1) is 0 Å². The highest BCUT2D eigenvalue weighted by Gasteiger charge is 2.07. The van der Waals surface area contributed by atoms with Crippen molar-refractivity contribution in [3.8, 4) is 0 Å². The van der Waals surface area contributed by atoms with Gasteiger partial charge in [-0.1, -0.05) is 12.1 Å². The Morgan fingerprint density at radius 3 is 2.59 bits per heavy atom. The van der Waals surface area contributed by atoms with E-state index < -0.39 is 0 Å². The average molecular weight is 239 g/mol. The van der Waals surface area contributed by atoms with Crippen molar-refractivity contribution in [1.29, 1.82) is 0 Å². The van der Waals surface area contributed by atoms with Crippen molar-refractivity contribution in [3.63, 3.8) is 0 Å². The van der Waals surface area contributed by atoms with Gasteiger partial charge in [-0.3, -0.25) is 0 Å². The van der Waals surface area contributed by atoms with Crippen LogP contribution >= 0.6 is 0 Å². The van der Waals surface area contributed by atoms with Crippen molar-refractivity contribution in [2.45, 2.75) is 32.2 Å². The van der Waals surface area contributed by atoms with Crippen LogP contribution in [-0.4, -0.2) is 26.3 Å². The summed E-state index contributed by atoms with van der Waals surface area (Å²) in [5.41, 5.74) is 1.17. The lowest BCUT2D eigenvalue weighted by Crippen LogP contribution is -2.27. The fraction of sp³-hybridized carbons (Fsp3) is 0.571. The van der Waals surface area contributed by atoms with Crippen LogP contribution in [0.3, 0.4) is 0 Å². The number of rotatable bonds is 8. The summed E-state index contributed by atoms with van der Waals surface area (Å²) < 4.78 is 18.1. The van der Waals surface area contributed by atoms with Crippen molar-refractivity contribution in [3.05, 3.63) is 35.6 Å². The summed E-state index contributed by atoms with van der Waals surface area (Å²) in [6, 6.07) is 7.16. The Labute approximate surface area is 103 Å². The monoisotopic (exact) mass is 239 g/mol. The van der Waals surface area contributed by atoms with Gasteiger partial charge in [-0.2, -0.15) is 0 Å². The molecule has 96 valence electrons. The zero-order valence-electron chi connectivity index (χ0n) is 10.7. The minimum atomic E-state index is -0.175. The van der Waals surface area contributed by atoms with Gasteiger partial charge in [0.25, 0.3) is 0 Å². The first-order valence-corrected chi connectivity index (χ1v) is 6.25. The molecule has 1 rings (SSSR count). The molecule has 1 aromatic carbocycles. The van der Waals surface area contributed by atoms with Gasteiger partial charge in [-0.25, -0.2) is 4.39 Å². The molecule has 0 aliphatic rings. The summed E-state index contributed by atoms with van der Waals surface area (Å²) >= 11 is 0. The predicted molar refractivity (Wildman–Crippen MR) is 68.7 cm³/mol. The maximum absolute atomic E-state index is 12.8. The van der Waals surface area contributed by atoms with E-state index in [4.69, 9.17) is 4.74 Å². The number of likely N-dealkylation sites (N-methyl/N-ethyl adjacent to an activating group) is 1. The number of hydrogen-bond acceptors (Lipinski definition) is 2. The Balaban J connectivity index is 2.33. The summed E-state index contributed by atoms with van der Waals surface area (Å²) in [7, 11) is 1.97. The summed E-state index contributed by atoms with van der Waals surface area (Å²) in [6.07, 6.45) is 3.07. The van der Waals surface area contributed by atoms with Crippen molar-refractivity contribution in [2.24, 2.45) is 0 Å². The second kappa shape index (κ2) is 8.20. The van der Waals surface area contributed by atoms with E-state index in [1.165, 1.54) is 17.7 Å². The molecule has 1 N–H and O–H groups in total. The van der Waals surface area contributed by atoms with Crippen LogP contribution in [0.4, 0.5) is 4.39 Å². The van der Waals surface area contributed by atoms with E-state index in [1.54, 1.807) is 0 Å². The normalized spacial score (nSPS) is 12.6. The lowest BCUT2D eigenvalue weighted by atomic mass is 10.0. The molecule has 3 heteroatoms. The molecule has 1 unspecified atom stereocenters. The molecule has 0 aliphatic heterocycles. The maximum atomic E-state index is 12.8. The largest absolute Gasteiger partial charge is 0.382 e. The molecule has 0 fully saturated rings. The predicted octanol–water partition coefficient (Wildman–Crippen LogP) is 2.77. The SMILES string of the molecule is CCOCCCC(Cc1ccc(F)cc1)NC. The Kier molecular flexibility index (Phi) is 6.82. The Hall–Kier alpha value is -0.930. The van der Waals surface area contributed by atoms with Crippen LogP contribution in [-0.2, 0) is 11.2 Å². The third-order valence-electron chi connectivity index (χ3n) is 2.85. The number of hydrogen-bond donors (Lipinski definition) is 1. The van der Waals surface area contributed by atoms with E-state index in [-0.39, 0.29) is 5.82 Å². The molecule has 0 spiro atoms. The van der Waals surface area contributed by atoms with E-state index in [0.29, 0.717) is 6.04 Å². The van der Waals surface area contributed by atoms with E-state index in [2.05, 4.69) is 5.32 Å². The van der Waals surface area contributed by atoms with Gasteiger partial charge < -0.3 is 10.1 Å². The second-order valence-electron chi connectivity index (χ2n) is 4.16. The van der Waals surface area contributed by atoms with Gasteiger partial charge in [-0.05, 0) is 50.9 Å². The minimum absolute atomic E-state index is 0.175. The minimum Gasteiger partial charge on any atom is -0.382 e. The van der Waals surface area contributed by atoms with Crippen LogP contribution in [0.2, 0.25) is 0 Å². The van der Waals surface area contributed by atoms with Gasteiger partial charge in [0.15, 0.2) is 0 Å². The second-order valence-corrected chi connectivity index (χ2v) is 4.16. The third kappa shape index (κ3) is 5.80. The molecule has 2 nitrogen and oxygen atoms in total. The lowest BCUT2D eigenvalue weighted by Gasteiger charge is -2.16. The van der Waals surface area contributed by atoms with Crippen LogP contribution in [0.5, 0.6) is 0 Å². The molecule has 1 atom stereocenters. The zero-order chi connectivity index (χ0) is 12.5. The molecule has 0 amide bonds. The molecule has 0 saturated heterocycles. The molecule has 17 heavy (non-hydrogen) atoms. The number of ether oxygens (including phenoxy) is 1. The van der Waals surface area contributed by atoms with Gasteiger partial charge in [0.1, 0.15) is 5.82 Å². The highest BCUT2D eigenvalue weighted by Crippen LogP contribution is 2.09.